The van der Waals surface area contributed by atoms with Gasteiger partial charge in [0.2, 0.25) is 15.9 Å². The van der Waals surface area contributed by atoms with Gasteiger partial charge in [-0.3, -0.25) is 4.79 Å². The lowest BCUT2D eigenvalue weighted by molar-refractivity contribution is -0.136. The van der Waals surface area contributed by atoms with Crippen LogP contribution in [0.1, 0.15) is 45.1 Å². The largest absolute Gasteiger partial charge is 0.495 e. The number of sulfonamides is 1. The molecule has 0 spiro atoms. The highest BCUT2D eigenvalue weighted by atomic mass is 32.2. The Kier molecular flexibility index (Phi) is 10.1. The summed E-state index contributed by atoms with van der Waals surface area (Å²) in [6.45, 7) is 6.81. The van der Waals surface area contributed by atoms with E-state index in [4.69, 9.17) is 4.74 Å². The number of piperazine rings is 1. The van der Waals surface area contributed by atoms with Gasteiger partial charge in [-0.15, -0.1) is 0 Å². The second-order valence-corrected chi connectivity index (χ2v) is 10.9. The average Bonchev–Trinajstić information content (AvgIpc) is 2.89. The third kappa shape index (κ3) is 7.20. The molecular formula is C27H38FN3O4S. The first-order chi connectivity index (χ1) is 17.3. The number of unbranched alkanes of at least 4 members (excludes halogenated alkanes) is 1. The molecule has 1 fully saturated rings. The lowest BCUT2D eigenvalue weighted by Gasteiger charge is -2.38. The first kappa shape index (κ1) is 27.9. The van der Waals surface area contributed by atoms with Crippen molar-refractivity contribution in [3.8, 4) is 5.75 Å². The smallest absolute Gasteiger partial charge is 0.240 e. The van der Waals surface area contributed by atoms with E-state index in [1.807, 2.05) is 4.90 Å². The Morgan fingerprint density at radius 1 is 1.08 bits per heavy atom. The van der Waals surface area contributed by atoms with Crippen LogP contribution < -0.4 is 14.4 Å². The van der Waals surface area contributed by atoms with E-state index in [9.17, 15) is 17.6 Å². The molecule has 1 N–H and O–H groups in total. The highest BCUT2D eigenvalue weighted by Gasteiger charge is 2.28. The van der Waals surface area contributed by atoms with E-state index in [0.717, 1.165) is 31.2 Å². The third-order valence-electron chi connectivity index (χ3n) is 6.76. The molecule has 3 rings (SSSR count). The zero-order valence-electron chi connectivity index (χ0n) is 21.5. The van der Waals surface area contributed by atoms with Gasteiger partial charge in [-0.2, -0.15) is 0 Å². The molecule has 0 unspecified atom stereocenters. The normalized spacial score (nSPS) is 15.1. The van der Waals surface area contributed by atoms with Crippen molar-refractivity contribution >= 4 is 21.6 Å². The van der Waals surface area contributed by atoms with Crippen LogP contribution in [0.5, 0.6) is 5.75 Å². The minimum Gasteiger partial charge on any atom is -0.495 e. The Balaban J connectivity index is 1.65. The highest BCUT2D eigenvalue weighted by molar-refractivity contribution is 7.89. The van der Waals surface area contributed by atoms with Gasteiger partial charge in [0, 0.05) is 38.6 Å². The Hall–Kier alpha value is -2.65. The number of ether oxygens (including phenoxy) is 1. The molecule has 1 atom stereocenters. The number of benzene rings is 2. The molecule has 2 aromatic rings. The Bertz CT molecular complexity index is 1100. The number of hydrogen-bond acceptors (Lipinski definition) is 5. The molecule has 1 aliphatic rings. The first-order valence-corrected chi connectivity index (χ1v) is 14.2. The highest BCUT2D eigenvalue weighted by Crippen LogP contribution is 2.32. The van der Waals surface area contributed by atoms with Crippen LogP contribution in [-0.4, -0.2) is 59.1 Å². The number of anilines is 1. The molecule has 9 heteroatoms. The average molecular weight is 520 g/mol. The van der Waals surface area contributed by atoms with Gasteiger partial charge in [-0.25, -0.2) is 17.5 Å². The van der Waals surface area contributed by atoms with Crippen molar-refractivity contribution in [3.05, 3.63) is 53.8 Å². The monoisotopic (exact) mass is 519 g/mol. The van der Waals surface area contributed by atoms with Crippen LogP contribution in [0, 0.1) is 11.7 Å². The zero-order valence-corrected chi connectivity index (χ0v) is 22.3. The van der Waals surface area contributed by atoms with E-state index in [2.05, 4.69) is 23.5 Å². The quantitative estimate of drug-likeness (QED) is 0.454. The van der Waals surface area contributed by atoms with Crippen LogP contribution in [0.2, 0.25) is 0 Å². The van der Waals surface area contributed by atoms with Crippen LogP contribution in [0.15, 0.2) is 47.4 Å². The maximum atomic E-state index is 13.1. The molecule has 1 amide bonds. The van der Waals surface area contributed by atoms with Crippen molar-refractivity contribution < 1.29 is 22.3 Å². The summed E-state index contributed by atoms with van der Waals surface area (Å²) in [6.07, 6.45) is 4.36. The lowest BCUT2D eigenvalue weighted by atomic mass is 9.97. The van der Waals surface area contributed by atoms with Crippen LogP contribution >= 0.6 is 0 Å². The number of halogens is 1. The summed E-state index contributed by atoms with van der Waals surface area (Å²) in [5.74, 6) is 0.561. The molecule has 198 valence electrons. The molecule has 7 nitrogen and oxygen atoms in total. The molecule has 1 saturated heterocycles. The number of carbonyl (C=O) groups excluding carboxylic acids is 1. The van der Waals surface area contributed by atoms with Gasteiger partial charge >= 0.3 is 0 Å². The van der Waals surface area contributed by atoms with E-state index in [-0.39, 0.29) is 29.1 Å². The minimum absolute atomic E-state index is 0.0699. The Morgan fingerprint density at radius 3 is 2.39 bits per heavy atom. The molecule has 2 aromatic carbocycles. The number of amides is 1. The summed E-state index contributed by atoms with van der Waals surface area (Å²) in [5.41, 5.74) is 1.55. The summed E-state index contributed by atoms with van der Waals surface area (Å²) < 4.78 is 47.2. The predicted molar refractivity (Wildman–Crippen MR) is 140 cm³/mol. The molecule has 0 saturated carbocycles. The van der Waals surface area contributed by atoms with E-state index in [0.29, 0.717) is 44.0 Å². The number of nitrogens with zero attached hydrogens (tertiary/aromatic N) is 2. The molecular weight excluding hydrogens is 481 g/mol. The van der Waals surface area contributed by atoms with Crippen molar-refractivity contribution in [3.63, 3.8) is 0 Å². The number of rotatable bonds is 12. The van der Waals surface area contributed by atoms with E-state index < -0.39 is 10.0 Å². The zero-order chi connectivity index (χ0) is 26.1. The van der Waals surface area contributed by atoms with Crippen molar-refractivity contribution in [1.82, 2.24) is 9.62 Å². The summed E-state index contributed by atoms with van der Waals surface area (Å²) in [4.78, 5) is 17.1. The predicted octanol–water partition coefficient (Wildman–Crippen LogP) is 4.22. The summed E-state index contributed by atoms with van der Waals surface area (Å²) in [5, 5.41) is 0. The van der Waals surface area contributed by atoms with Gasteiger partial charge in [-0.05, 0) is 55.2 Å². The third-order valence-corrected chi connectivity index (χ3v) is 8.22. The fourth-order valence-electron chi connectivity index (χ4n) is 4.53. The van der Waals surface area contributed by atoms with Crippen LogP contribution in [0.25, 0.3) is 0 Å². The van der Waals surface area contributed by atoms with Crippen molar-refractivity contribution in [2.24, 2.45) is 5.92 Å². The Morgan fingerprint density at radius 2 is 1.78 bits per heavy atom. The number of nitrogens with one attached hydrogen (secondary N) is 1. The second-order valence-electron chi connectivity index (χ2n) is 9.17. The van der Waals surface area contributed by atoms with Gasteiger partial charge in [0.25, 0.3) is 0 Å². The Labute approximate surface area is 214 Å². The van der Waals surface area contributed by atoms with Crippen LogP contribution in [0.3, 0.4) is 0 Å². The molecule has 0 aromatic heterocycles. The molecule has 1 aliphatic heterocycles. The van der Waals surface area contributed by atoms with Gasteiger partial charge < -0.3 is 14.5 Å². The number of hydrogen-bond donors (Lipinski definition) is 1. The van der Waals surface area contributed by atoms with Crippen LogP contribution in [0.4, 0.5) is 10.1 Å². The first-order valence-electron chi connectivity index (χ1n) is 12.7. The summed E-state index contributed by atoms with van der Waals surface area (Å²) in [6, 6.07) is 10.8. The fraction of sp³-hybridized carbons (Fsp3) is 0.519. The summed E-state index contributed by atoms with van der Waals surface area (Å²) >= 11 is 0. The minimum atomic E-state index is -3.74. The standard InChI is InChI=1S/C27H38FN3O4S/c1-4-6-7-22(5-2)27(32)31-18-16-30(17-19-31)25-20-24(12-13-26(25)35-3)36(33,34)29-15-14-21-8-10-23(28)11-9-21/h8-13,20,22,29H,4-7,14-19H2,1-3H3/t22-/m1/s1. The van der Waals surface area contributed by atoms with Crippen molar-refractivity contribution in [2.75, 3.05) is 44.7 Å². The van der Waals surface area contributed by atoms with Crippen molar-refractivity contribution in [2.45, 2.75) is 50.8 Å². The maximum Gasteiger partial charge on any atom is 0.240 e. The van der Waals surface area contributed by atoms with Crippen molar-refractivity contribution in [1.29, 1.82) is 0 Å². The maximum absolute atomic E-state index is 13.1. The molecule has 1 heterocycles. The van der Waals surface area contributed by atoms with Gasteiger partial charge in [0.15, 0.2) is 0 Å². The molecule has 36 heavy (non-hydrogen) atoms. The fourth-order valence-corrected chi connectivity index (χ4v) is 5.58. The van der Waals surface area contributed by atoms with E-state index in [1.165, 1.54) is 18.2 Å². The number of carbonyl (C=O) groups is 1. The number of methoxy groups -OCH3 is 1. The van der Waals surface area contributed by atoms with Gasteiger partial charge in [0.1, 0.15) is 11.6 Å². The second kappa shape index (κ2) is 13.1. The van der Waals surface area contributed by atoms with Gasteiger partial charge in [-0.1, -0.05) is 38.8 Å². The van der Waals surface area contributed by atoms with E-state index >= 15 is 0 Å². The molecule has 0 bridgehead atoms. The topological polar surface area (TPSA) is 79.0 Å². The molecule has 0 radical (unpaired) electrons. The van der Waals surface area contributed by atoms with Gasteiger partial charge in [0.05, 0.1) is 17.7 Å². The van der Waals surface area contributed by atoms with Crippen LogP contribution in [-0.2, 0) is 21.2 Å². The van der Waals surface area contributed by atoms with E-state index in [1.54, 1.807) is 31.4 Å². The lowest BCUT2D eigenvalue weighted by Crippen LogP contribution is -2.50. The summed E-state index contributed by atoms with van der Waals surface area (Å²) in [7, 11) is -2.18. The molecule has 0 aliphatic carbocycles. The SMILES string of the molecule is CCCC[C@@H](CC)C(=O)N1CCN(c2cc(S(=O)(=O)NCCc3ccc(F)cc3)ccc2OC)CC1.